The number of halogens is 3. The molecule has 1 atom stereocenters. The molecule has 3 heterocycles. The van der Waals surface area contributed by atoms with E-state index in [0.29, 0.717) is 12.1 Å². The first-order chi connectivity index (χ1) is 14.1. The van der Waals surface area contributed by atoms with Crippen molar-refractivity contribution in [3.63, 3.8) is 0 Å². The molecule has 2 aromatic heterocycles. The fourth-order valence-corrected chi connectivity index (χ4v) is 3.80. The van der Waals surface area contributed by atoms with Crippen LogP contribution in [0.4, 0.5) is 13.2 Å². The molecule has 1 aliphatic rings. The van der Waals surface area contributed by atoms with Gasteiger partial charge in [0.15, 0.2) is 5.82 Å². The molecule has 0 bridgehead atoms. The summed E-state index contributed by atoms with van der Waals surface area (Å²) in [5.74, 6) is -1.13. The molecule has 1 aliphatic heterocycles. The third-order valence-corrected chi connectivity index (χ3v) is 5.34. The summed E-state index contributed by atoms with van der Waals surface area (Å²) < 4.78 is 42.1. The van der Waals surface area contributed by atoms with Gasteiger partial charge in [0.25, 0.3) is 5.91 Å². The number of aryl methyl sites for hydroxylation is 2. The van der Waals surface area contributed by atoms with E-state index in [-0.39, 0.29) is 24.8 Å². The van der Waals surface area contributed by atoms with Gasteiger partial charge in [-0.2, -0.15) is 18.3 Å². The number of rotatable bonds is 3. The minimum atomic E-state index is -4.57. The first kappa shape index (κ1) is 20.1. The molecule has 0 fully saturated rings. The van der Waals surface area contributed by atoms with E-state index in [1.54, 1.807) is 19.1 Å². The van der Waals surface area contributed by atoms with Gasteiger partial charge in [-0.3, -0.25) is 9.48 Å². The minimum Gasteiger partial charge on any atom is -0.327 e. The zero-order valence-electron chi connectivity index (χ0n) is 16.8. The highest BCUT2D eigenvalue weighted by Gasteiger charge is 2.41. The van der Waals surface area contributed by atoms with Crippen molar-refractivity contribution in [2.45, 2.75) is 46.1 Å². The van der Waals surface area contributed by atoms with Crippen LogP contribution in [0.15, 0.2) is 30.3 Å². The molecule has 4 rings (SSSR count). The second-order valence-electron chi connectivity index (χ2n) is 7.49. The van der Waals surface area contributed by atoms with E-state index in [4.69, 9.17) is 0 Å². The van der Waals surface area contributed by atoms with Crippen LogP contribution in [0.1, 0.15) is 51.9 Å². The van der Waals surface area contributed by atoms with E-state index in [1.165, 1.54) is 4.90 Å². The molecule has 1 amide bonds. The molecule has 0 spiro atoms. The molecule has 0 saturated carbocycles. The van der Waals surface area contributed by atoms with E-state index < -0.39 is 18.0 Å². The number of aromatic nitrogens is 5. The number of carbonyl (C=O) groups excluding carboxylic acids is 1. The number of alkyl halides is 3. The zero-order valence-corrected chi connectivity index (χ0v) is 16.8. The standard InChI is InChI=1S/C20H21F3N6O/c1-12-10-13(2)29(26-12)11-15-4-6-16(7-5-15)18(30)27-8-9-28-17(14(27)3)24-25-19(28)20(21,22)23/h4-7,10,14H,8-9,11H2,1-3H3. The third kappa shape index (κ3) is 3.57. The number of amides is 1. The van der Waals surface area contributed by atoms with Crippen molar-refractivity contribution in [2.24, 2.45) is 0 Å². The zero-order chi connectivity index (χ0) is 21.6. The summed E-state index contributed by atoms with van der Waals surface area (Å²) in [5.41, 5.74) is 3.47. The lowest BCUT2D eigenvalue weighted by Crippen LogP contribution is -2.42. The highest BCUT2D eigenvalue weighted by Crippen LogP contribution is 2.33. The van der Waals surface area contributed by atoms with E-state index in [1.807, 2.05) is 36.7 Å². The Morgan fingerprint density at radius 3 is 2.43 bits per heavy atom. The first-order valence-electron chi connectivity index (χ1n) is 9.56. The summed E-state index contributed by atoms with van der Waals surface area (Å²) in [6, 6.07) is 8.58. The van der Waals surface area contributed by atoms with E-state index >= 15 is 0 Å². The second kappa shape index (κ2) is 7.26. The summed E-state index contributed by atoms with van der Waals surface area (Å²) >= 11 is 0. The Morgan fingerprint density at radius 1 is 1.13 bits per heavy atom. The third-order valence-electron chi connectivity index (χ3n) is 5.34. The Kier molecular flexibility index (Phi) is 4.87. The molecule has 10 heteroatoms. The quantitative estimate of drug-likeness (QED) is 0.654. The van der Waals surface area contributed by atoms with Crippen molar-refractivity contribution in [1.29, 1.82) is 0 Å². The van der Waals surface area contributed by atoms with Crippen molar-refractivity contribution < 1.29 is 18.0 Å². The number of benzene rings is 1. The Bertz CT molecular complexity index is 1080. The second-order valence-corrected chi connectivity index (χ2v) is 7.49. The van der Waals surface area contributed by atoms with Crippen LogP contribution >= 0.6 is 0 Å². The Balaban J connectivity index is 1.51. The summed E-state index contributed by atoms with van der Waals surface area (Å²) in [4.78, 5) is 14.5. The molecule has 0 radical (unpaired) electrons. The summed E-state index contributed by atoms with van der Waals surface area (Å²) in [5, 5.41) is 11.4. The van der Waals surface area contributed by atoms with Crippen LogP contribution in [0, 0.1) is 13.8 Å². The Hall–Kier alpha value is -3.17. The number of carbonyl (C=O) groups is 1. The topological polar surface area (TPSA) is 68.8 Å². The summed E-state index contributed by atoms with van der Waals surface area (Å²) in [6.07, 6.45) is -4.57. The van der Waals surface area contributed by atoms with Gasteiger partial charge in [-0.05, 0) is 44.5 Å². The maximum atomic E-state index is 13.1. The molecule has 158 valence electrons. The number of fused-ring (bicyclic) bond motifs is 1. The number of nitrogens with zero attached hydrogens (tertiary/aromatic N) is 6. The molecular weight excluding hydrogens is 397 g/mol. The SMILES string of the molecule is Cc1cc(C)n(Cc2ccc(C(=O)N3CCn4c(nnc4C(F)(F)F)C3C)cc2)n1. The van der Waals surface area contributed by atoms with Crippen LogP contribution in [-0.2, 0) is 19.3 Å². The Morgan fingerprint density at radius 2 is 1.83 bits per heavy atom. The largest absolute Gasteiger partial charge is 0.451 e. The van der Waals surface area contributed by atoms with Crippen LogP contribution in [0.5, 0.6) is 0 Å². The summed E-state index contributed by atoms with van der Waals surface area (Å²) in [6.45, 7) is 6.33. The summed E-state index contributed by atoms with van der Waals surface area (Å²) in [7, 11) is 0. The van der Waals surface area contributed by atoms with Crippen LogP contribution in [0.2, 0.25) is 0 Å². The van der Waals surface area contributed by atoms with Gasteiger partial charge in [0.1, 0.15) is 0 Å². The molecule has 0 aliphatic carbocycles. The van der Waals surface area contributed by atoms with Gasteiger partial charge in [0, 0.05) is 24.3 Å². The van der Waals surface area contributed by atoms with Gasteiger partial charge < -0.3 is 9.47 Å². The molecule has 0 N–H and O–H groups in total. The Labute approximate surface area is 171 Å². The van der Waals surface area contributed by atoms with Gasteiger partial charge in [-0.15, -0.1) is 10.2 Å². The lowest BCUT2D eigenvalue weighted by Gasteiger charge is -2.34. The fourth-order valence-electron chi connectivity index (χ4n) is 3.80. The fraction of sp³-hybridized carbons (Fsp3) is 0.400. The molecule has 1 unspecified atom stereocenters. The lowest BCUT2D eigenvalue weighted by molar-refractivity contribution is -0.148. The molecule has 7 nitrogen and oxygen atoms in total. The molecule has 0 saturated heterocycles. The van der Waals surface area contributed by atoms with Gasteiger partial charge >= 0.3 is 6.18 Å². The molecule has 3 aromatic rings. The number of hydrogen-bond donors (Lipinski definition) is 0. The van der Waals surface area contributed by atoms with Crippen molar-refractivity contribution in [1.82, 2.24) is 29.4 Å². The average molecular weight is 418 g/mol. The minimum absolute atomic E-state index is 0.00324. The van der Waals surface area contributed by atoms with Crippen molar-refractivity contribution >= 4 is 5.91 Å². The van der Waals surface area contributed by atoms with Crippen LogP contribution in [0.25, 0.3) is 0 Å². The first-order valence-corrected chi connectivity index (χ1v) is 9.56. The number of hydrogen-bond acceptors (Lipinski definition) is 4. The average Bonchev–Trinajstić information content (AvgIpc) is 3.25. The van der Waals surface area contributed by atoms with Crippen molar-refractivity contribution in [2.75, 3.05) is 6.54 Å². The van der Waals surface area contributed by atoms with Crippen LogP contribution in [0.3, 0.4) is 0 Å². The highest BCUT2D eigenvalue weighted by atomic mass is 19.4. The molecule has 30 heavy (non-hydrogen) atoms. The molecular formula is C20H21F3N6O. The van der Waals surface area contributed by atoms with E-state index in [0.717, 1.165) is 21.5 Å². The smallest absolute Gasteiger partial charge is 0.327 e. The maximum absolute atomic E-state index is 13.1. The van der Waals surface area contributed by atoms with Gasteiger partial charge in [0.2, 0.25) is 5.82 Å². The predicted octanol–water partition coefficient (Wildman–Crippen LogP) is 3.38. The van der Waals surface area contributed by atoms with Crippen LogP contribution < -0.4 is 0 Å². The van der Waals surface area contributed by atoms with Gasteiger partial charge in [-0.25, -0.2) is 0 Å². The lowest BCUT2D eigenvalue weighted by atomic mass is 10.1. The van der Waals surface area contributed by atoms with E-state index in [2.05, 4.69) is 15.3 Å². The normalized spacial score (nSPS) is 16.6. The van der Waals surface area contributed by atoms with Crippen molar-refractivity contribution in [3.8, 4) is 0 Å². The van der Waals surface area contributed by atoms with Gasteiger partial charge in [0.05, 0.1) is 18.3 Å². The maximum Gasteiger partial charge on any atom is 0.451 e. The highest BCUT2D eigenvalue weighted by molar-refractivity contribution is 5.94. The van der Waals surface area contributed by atoms with Crippen LogP contribution in [-0.4, -0.2) is 41.9 Å². The van der Waals surface area contributed by atoms with E-state index in [9.17, 15) is 18.0 Å². The predicted molar refractivity (Wildman–Crippen MR) is 102 cm³/mol. The molecule has 1 aromatic carbocycles. The van der Waals surface area contributed by atoms with Gasteiger partial charge in [-0.1, -0.05) is 12.1 Å². The monoisotopic (exact) mass is 418 g/mol. The van der Waals surface area contributed by atoms with Crippen molar-refractivity contribution in [3.05, 3.63) is 64.5 Å².